The van der Waals surface area contributed by atoms with Gasteiger partial charge in [0.15, 0.2) is 0 Å². The third-order valence-electron chi connectivity index (χ3n) is 8.06. The minimum Gasteiger partial charge on any atom is -0.429 e. The lowest BCUT2D eigenvalue weighted by Gasteiger charge is -2.25. The zero-order chi connectivity index (χ0) is 40.1. The number of amides is 7. The van der Waals surface area contributed by atoms with Crippen molar-refractivity contribution in [3.8, 4) is 5.75 Å². The highest BCUT2D eigenvalue weighted by Crippen LogP contribution is 2.21. The molecule has 3 aromatic rings. The Kier molecular flexibility index (Phi) is 14.1. The molecule has 2 atom stereocenters. The number of nitrogens with zero attached hydrogens (tertiary/aromatic N) is 2. The lowest BCUT2D eigenvalue weighted by Crippen LogP contribution is -2.54. The zero-order valence-electron chi connectivity index (χ0n) is 29.8. The molecule has 3 aromatic carbocycles. The summed E-state index contributed by atoms with van der Waals surface area (Å²) in [7, 11) is 0. The average Bonchev–Trinajstić information content (AvgIpc) is 3.48. The molecule has 18 nitrogen and oxygen atoms in total. The molecule has 55 heavy (non-hydrogen) atoms. The Morgan fingerprint density at radius 3 is 2.04 bits per heavy atom. The molecule has 0 spiro atoms. The lowest BCUT2D eigenvalue weighted by atomic mass is 10.0. The van der Waals surface area contributed by atoms with Gasteiger partial charge >= 0.3 is 12.2 Å². The summed E-state index contributed by atoms with van der Waals surface area (Å²) in [5, 5.41) is 21.4. The average molecular weight is 758 g/mol. The molecular weight excluding hydrogens is 718 g/mol. The fraction of sp³-hybridized carbons (Fsp3) is 0.270. The highest BCUT2D eigenvalue weighted by atomic mass is 16.7. The van der Waals surface area contributed by atoms with Crippen LogP contribution in [0.25, 0.3) is 0 Å². The van der Waals surface area contributed by atoms with E-state index in [9.17, 15) is 43.7 Å². The molecule has 1 heterocycles. The molecule has 288 valence electrons. The number of nitrogens with one attached hydrogen (secondary N) is 4. The van der Waals surface area contributed by atoms with Gasteiger partial charge in [0.2, 0.25) is 17.7 Å². The molecule has 0 fully saturated rings. The van der Waals surface area contributed by atoms with E-state index < -0.39 is 58.7 Å². The molecule has 7 amide bonds. The second kappa shape index (κ2) is 19.1. The number of primary amides is 1. The number of anilines is 2. The van der Waals surface area contributed by atoms with E-state index in [2.05, 4.69) is 21.3 Å². The van der Waals surface area contributed by atoms with Crippen LogP contribution in [-0.4, -0.2) is 65.3 Å². The molecule has 0 radical (unpaired) electrons. The van der Waals surface area contributed by atoms with Gasteiger partial charge in [0, 0.05) is 36.5 Å². The highest BCUT2D eigenvalue weighted by Gasteiger charge is 2.29. The highest BCUT2D eigenvalue weighted by molar-refractivity contribution is 6.28. The number of nitro groups is 1. The number of hydrogen-bond donors (Lipinski definition) is 5. The van der Waals surface area contributed by atoms with Crippen LogP contribution in [0.3, 0.4) is 0 Å². The maximum Gasteiger partial charge on any atom is 0.514 e. The van der Waals surface area contributed by atoms with E-state index in [0.717, 1.165) is 4.90 Å². The first-order valence-electron chi connectivity index (χ1n) is 17.0. The number of urea groups is 1. The van der Waals surface area contributed by atoms with Gasteiger partial charge in [-0.3, -0.25) is 34.1 Å². The van der Waals surface area contributed by atoms with E-state index in [1.807, 2.05) is 0 Å². The van der Waals surface area contributed by atoms with Crippen molar-refractivity contribution >= 4 is 58.8 Å². The van der Waals surface area contributed by atoms with Gasteiger partial charge in [-0.2, -0.15) is 0 Å². The number of carbonyl (C=O) groups excluding carboxylic acids is 7. The number of ether oxygens (including phenoxy) is 2. The van der Waals surface area contributed by atoms with Crippen LogP contribution in [0.15, 0.2) is 84.9 Å². The van der Waals surface area contributed by atoms with Crippen LogP contribution in [0.2, 0.25) is 0 Å². The Morgan fingerprint density at radius 2 is 1.45 bits per heavy atom. The standard InChI is InChI=1S/C37H39N7O11/c1-22(2)33(42-30(45)20-23-7-11-26(12-8-23)43-31(46)17-18-32(43)47)35(49)41-29(4-3-19-39-36(38)50)34(48)40-25-9-5-24(6-10-25)21-54-37(51)55-28-15-13-27(14-16-28)44(52)53/h5-18,22,29,33H,3-4,19-21H2,1-2H3,(H,40,48)(H,41,49)(H,42,45)(H3,38,39,50)/t29-,33-/m0/s1. The Morgan fingerprint density at radius 1 is 0.836 bits per heavy atom. The Bertz CT molecular complexity index is 1930. The molecule has 1 aliphatic rings. The summed E-state index contributed by atoms with van der Waals surface area (Å²) < 4.78 is 10.1. The molecular formula is C37H39N7O11. The Labute approximate surface area is 314 Å². The molecule has 18 heteroatoms. The number of benzene rings is 3. The number of carbonyl (C=O) groups is 7. The molecule has 0 saturated heterocycles. The summed E-state index contributed by atoms with van der Waals surface area (Å²) in [5.74, 6) is -2.94. The van der Waals surface area contributed by atoms with Gasteiger partial charge in [-0.1, -0.05) is 38.1 Å². The number of rotatable bonds is 17. The third kappa shape index (κ3) is 12.2. The summed E-state index contributed by atoms with van der Waals surface area (Å²) in [4.78, 5) is 98.3. The van der Waals surface area contributed by atoms with Crippen LogP contribution in [0, 0.1) is 16.0 Å². The Hall–Kier alpha value is -7.11. The molecule has 4 rings (SSSR count). The summed E-state index contributed by atoms with van der Waals surface area (Å²) in [5.41, 5.74) is 6.79. The van der Waals surface area contributed by atoms with Crippen LogP contribution in [-0.2, 0) is 41.7 Å². The summed E-state index contributed by atoms with van der Waals surface area (Å²) in [6.45, 7) is 3.40. The smallest absolute Gasteiger partial charge is 0.429 e. The molecule has 0 aliphatic carbocycles. The van der Waals surface area contributed by atoms with Crippen molar-refractivity contribution in [2.75, 3.05) is 16.8 Å². The summed E-state index contributed by atoms with van der Waals surface area (Å²) in [6, 6.07) is 14.5. The van der Waals surface area contributed by atoms with Gasteiger partial charge in [-0.15, -0.1) is 0 Å². The number of nitrogens with two attached hydrogens (primary N) is 1. The van der Waals surface area contributed by atoms with Gasteiger partial charge in [-0.25, -0.2) is 14.5 Å². The molecule has 0 bridgehead atoms. The monoisotopic (exact) mass is 757 g/mol. The van der Waals surface area contributed by atoms with Crippen LogP contribution in [0.4, 0.5) is 26.7 Å². The first-order chi connectivity index (χ1) is 26.2. The number of non-ortho nitro benzene ring substituents is 1. The van der Waals surface area contributed by atoms with Crippen molar-refractivity contribution in [3.63, 3.8) is 0 Å². The van der Waals surface area contributed by atoms with Crippen molar-refractivity contribution in [3.05, 3.63) is 106 Å². The van der Waals surface area contributed by atoms with Gasteiger partial charge < -0.3 is 36.5 Å². The minimum atomic E-state index is -1.09. The fourth-order valence-corrected chi connectivity index (χ4v) is 5.23. The van der Waals surface area contributed by atoms with E-state index in [0.29, 0.717) is 22.5 Å². The van der Waals surface area contributed by atoms with E-state index in [1.54, 1.807) is 62.4 Å². The number of imide groups is 1. The Balaban J connectivity index is 1.33. The lowest BCUT2D eigenvalue weighted by molar-refractivity contribution is -0.384. The van der Waals surface area contributed by atoms with E-state index in [-0.39, 0.29) is 49.8 Å². The van der Waals surface area contributed by atoms with Crippen LogP contribution in [0.1, 0.15) is 37.8 Å². The maximum absolute atomic E-state index is 13.5. The quantitative estimate of drug-likeness (QED) is 0.0334. The van der Waals surface area contributed by atoms with Crippen molar-refractivity contribution in [2.45, 2.75) is 51.8 Å². The van der Waals surface area contributed by atoms with Gasteiger partial charge in [0.05, 0.1) is 17.0 Å². The fourth-order valence-electron chi connectivity index (χ4n) is 5.23. The van der Waals surface area contributed by atoms with Crippen molar-refractivity contribution in [1.29, 1.82) is 0 Å². The van der Waals surface area contributed by atoms with Gasteiger partial charge in [0.1, 0.15) is 24.4 Å². The second-order valence-electron chi connectivity index (χ2n) is 12.5. The van der Waals surface area contributed by atoms with E-state index in [1.165, 1.54) is 36.4 Å². The van der Waals surface area contributed by atoms with E-state index >= 15 is 0 Å². The van der Waals surface area contributed by atoms with Crippen molar-refractivity contribution in [2.24, 2.45) is 11.7 Å². The molecule has 0 saturated carbocycles. The number of hydrogen-bond acceptors (Lipinski definition) is 11. The predicted octanol–water partition coefficient (Wildman–Crippen LogP) is 3.00. The summed E-state index contributed by atoms with van der Waals surface area (Å²) >= 11 is 0. The topological polar surface area (TPSA) is 258 Å². The molecule has 6 N–H and O–H groups in total. The summed E-state index contributed by atoms with van der Waals surface area (Å²) in [6.07, 6.45) is 1.56. The van der Waals surface area contributed by atoms with Crippen molar-refractivity contribution in [1.82, 2.24) is 16.0 Å². The normalized spacial score (nSPS) is 13.1. The zero-order valence-corrected chi connectivity index (χ0v) is 29.8. The van der Waals surface area contributed by atoms with E-state index in [4.69, 9.17) is 15.2 Å². The molecule has 0 unspecified atom stereocenters. The number of nitro benzene ring substituents is 1. The predicted molar refractivity (Wildman–Crippen MR) is 196 cm³/mol. The van der Waals surface area contributed by atoms with Crippen LogP contribution in [0.5, 0.6) is 5.75 Å². The van der Waals surface area contributed by atoms with Gasteiger partial charge in [-0.05, 0) is 66.3 Å². The van der Waals surface area contributed by atoms with Crippen LogP contribution < -0.4 is 36.6 Å². The molecule has 0 aromatic heterocycles. The van der Waals surface area contributed by atoms with Crippen molar-refractivity contribution < 1.29 is 48.0 Å². The minimum absolute atomic E-state index is 0.0560. The third-order valence-corrected chi connectivity index (χ3v) is 8.06. The SMILES string of the molecule is CC(C)[C@H](NC(=O)Cc1ccc(N2C(=O)C=CC2=O)cc1)C(=O)N[C@@H](CCCNC(N)=O)C(=O)Nc1ccc(COC(=O)Oc2ccc([N+](=O)[O-])cc2)cc1. The van der Waals surface area contributed by atoms with Crippen LogP contribution >= 0.6 is 0 Å². The first kappa shape index (κ1) is 40.7. The first-order valence-corrected chi connectivity index (χ1v) is 17.0. The largest absolute Gasteiger partial charge is 0.514 e. The second-order valence-corrected chi connectivity index (χ2v) is 12.5. The maximum atomic E-state index is 13.5. The van der Waals surface area contributed by atoms with Gasteiger partial charge in [0.25, 0.3) is 17.5 Å². The molecule has 1 aliphatic heterocycles.